The molecule has 2 rings (SSSR count). The Balaban J connectivity index is 2.26. The predicted molar refractivity (Wildman–Crippen MR) is 77.6 cm³/mol. The first kappa shape index (κ1) is 13.9. The van der Waals surface area contributed by atoms with Crippen molar-refractivity contribution in [2.45, 2.75) is 4.90 Å². The number of benzene rings is 2. The van der Waals surface area contributed by atoms with Gasteiger partial charge in [-0.05, 0) is 36.6 Å². The Morgan fingerprint density at radius 3 is 2.68 bits per heavy atom. The lowest BCUT2D eigenvalue weighted by molar-refractivity contribution is 0.102. The molecule has 0 aliphatic heterocycles. The molecule has 2 aromatic carbocycles. The van der Waals surface area contributed by atoms with Crippen LogP contribution in [-0.2, 0) is 0 Å². The van der Waals surface area contributed by atoms with E-state index in [0.29, 0.717) is 5.69 Å². The number of thioether (sulfide) groups is 1. The molecule has 0 saturated carbocycles. The summed E-state index contributed by atoms with van der Waals surface area (Å²) in [5.74, 6) is -1.12. The van der Waals surface area contributed by atoms with E-state index in [1.165, 1.54) is 23.9 Å². The number of para-hydroxylation sites is 1. The van der Waals surface area contributed by atoms with Crippen LogP contribution in [0.4, 0.5) is 10.1 Å². The Hall–Kier alpha value is -1.52. The number of hydrogen-bond donors (Lipinski definition) is 1. The van der Waals surface area contributed by atoms with Crippen LogP contribution in [0.15, 0.2) is 47.4 Å². The molecule has 0 aliphatic rings. The van der Waals surface area contributed by atoms with Crippen LogP contribution in [0.2, 0.25) is 5.02 Å². The molecule has 0 aromatic heterocycles. The molecule has 0 spiro atoms. The second-order valence-electron chi connectivity index (χ2n) is 3.78. The van der Waals surface area contributed by atoms with Gasteiger partial charge in [-0.15, -0.1) is 11.8 Å². The summed E-state index contributed by atoms with van der Waals surface area (Å²) in [6.07, 6.45) is 1.91. The van der Waals surface area contributed by atoms with E-state index in [2.05, 4.69) is 5.32 Å². The number of rotatable bonds is 3. The Bertz CT molecular complexity index is 618. The Kier molecular flexibility index (Phi) is 4.45. The fourth-order valence-corrected chi connectivity index (χ4v) is 2.32. The van der Waals surface area contributed by atoms with Gasteiger partial charge in [-0.25, -0.2) is 4.39 Å². The van der Waals surface area contributed by atoms with Crippen LogP contribution in [0.25, 0.3) is 0 Å². The number of carbonyl (C=O) groups is 1. The lowest BCUT2D eigenvalue weighted by Gasteiger charge is -2.09. The van der Waals surface area contributed by atoms with Gasteiger partial charge in [-0.3, -0.25) is 4.79 Å². The van der Waals surface area contributed by atoms with Gasteiger partial charge in [0.1, 0.15) is 5.82 Å². The van der Waals surface area contributed by atoms with Gasteiger partial charge in [0, 0.05) is 9.92 Å². The maximum Gasteiger partial charge on any atom is 0.258 e. The predicted octanol–water partition coefficient (Wildman–Crippen LogP) is 4.45. The van der Waals surface area contributed by atoms with Crippen LogP contribution in [-0.4, -0.2) is 12.2 Å². The lowest BCUT2D eigenvalue weighted by atomic mass is 10.2. The van der Waals surface area contributed by atoms with Crippen molar-refractivity contribution in [1.29, 1.82) is 0 Å². The van der Waals surface area contributed by atoms with E-state index < -0.39 is 11.7 Å². The summed E-state index contributed by atoms with van der Waals surface area (Å²) in [7, 11) is 0. The summed E-state index contributed by atoms with van der Waals surface area (Å²) in [5, 5.41) is 2.96. The van der Waals surface area contributed by atoms with Crippen molar-refractivity contribution in [1.82, 2.24) is 0 Å². The summed E-state index contributed by atoms with van der Waals surface area (Å²) in [5.41, 5.74) is 0.634. The highest BCUT2D eigenvalue weighted by molar-refractivity contribution is 7.98. The van der Waals surface area contributed by atoms with Crippen molar-refractivity contribution in [2.75, 3.05) is 11.6 Å². The molecule has 98 valence electrons. The quantitative estimate of drug-likeness (QED) is 0.847. The summed E-state index contributed by atoms with van der Waals surface area (Å²) in [4.78, 5) is 12.9. The van der Waals surface area contributed by atoms with Crippen molar-refractivity contribution in [3.05, 3.63) is 58.9 Å². The summed E-state index contributed by atoms with van der Waals surface area (Å²) in [6.45, 7) is 0. The van der Waals surface area contributed by atoms with Gasteiger partial charge in [-0.2, -0.15) is 0 Å². The average molecular weight is 296 g/mol. The summed E-state index contributed by atoms with van der Waals surface area (Å²) >= 11 is 7.16. The molecule has 1 N–H and O–H groups in total. The van der Waals surface area contributed by atoms with E-state index in [1.54, 1.807) is 6.07 Å². The normalized spacial score (nSPS) is 10.3. The molecule has 2 nitrogen and oxygen atoms in total. The molecule has 19 heavy (non-hydrogen) atoms. The van der Waals surface area contributed by atoms with Gasteiger partial charge >= 0.3 is 0 Å². The molecule has 0 saturated heterocycles. The van der Waals surface area contributed by atoms with Crippen molar-refractivity contribution < 1.29 is 9.18 Å². The zero-order chi connectivity index (χ0) is 13.8. The second kappa shape index (κ2) is 6.08. The fourth-order valence-electron chi connectivity index (χ4n) is 1.61. The minimum Gasteiger partial charge on any atom is -0.321 e. The zero-order valence-corrected chi connectivity index (χ0v) is 11.7. The molecule has 0 fully saturated rings. The Morgan fingerprint density at radius 2 is 2.00 bits per heavy atom. The first-order chi connectivity index (χ1) is 9.11. The minimum absolute atomic E-state index is 0.0275. The second-order valence-corrected chi connectivity index (χ2v) is 5.06. The topological polar surface area (TPSA) is 29.1 Å². The van der Waals surface area contributed by atoms with Crippen molar-refractivity contribution in [3.8, 4) is 0 Å². The highest BCUT2D eigenvalue weighted by Crippen LogP contribution is 2.25. The van der Waals surface area contributed by atoms with Gasteiger partial charge in [0.15, 0.2) is 0 Å². The average Bonchev–Trinajstić information content (AvgIpc) is 2.39. The van der Waals surface area contributed by atoms with Crippen LogP contribution in [0, 0.1) is 5.82 Å². The maximum atomic E-state index is 13.6. The van der Waals surface area contributed by atoms with Crippen molar-refractivity contribution >= 4 is 35.0 Å². The van der Waals surface area contributed by atoms with Crippen molar-refractivity contribution in [2.24, 2.45) is 0 Å². The highest BCUT2D eigenvalue weighted by atomic mass is 35.5. The van der Waals surface area contributed by atoms with Crippen molar-refractivity contribution in [3.63, 3.8) is 0 Å². The largest absolute Gasteiger partial charge is 0.321 e. The zero-order valence-electron chi connectivity index (χ0n) is 10.1. The van der Waals surface area contributed by atoms with Crippen LogP contribution >= 0.6 is 23.4 Å². The van der Waals surface area contributed by atoms with Gasteiger partial charge in [-0.1, -0.05) is 23.7 Å². The number of hydrogen-bond acceptors (Lipinski definition) is 2. The maximum absolute atomic E-state index is 13.6. The Labute approximate surface area is 120 Å². The molecule has 0 radical (unpaired) electrons. The molecule has 1 amide bonds. The van der Waals surface area contributed by atoms with E-state index in [9.17, 15) is 9.18 Å². The van der Waals surface area contributed by atoms with Gasteiger partial charge in [0.05, 0.1) is 11.3 Å². The molecule has 0 aliphatic carbocycles. The number of halogens is 2. The van der Waals surface area contributed by atoms with E-state index in [1.807, 2.05) is 24.5 Å². The van der Waals surface area contributed by atoms with Gasteiger partial charge in [0.25, 0.3) is 5.91 Å². The highest BCUT2D eigenvalue weighted by Gasteiger charge is 2.13. The standard InChI is InChI=1S/C14H11ClFNOS/c1-19-13-5-3-2-4-12(13)17-14(18)10-7-6-9(15)8-11(10)16/h2-8H,1H3,(H,17,18). The first-order valence-electron chi connectivity index (χ1n) is 5.51. The number of amides is 1. The Morgan fingerprint density at radius 1 is 1.26 bits per heavy atom. The van der Waals surface area contributed by atoms with E-state index >= 15 is 0 Å². The first-order valence-corrected chi connectivity index (χ1v) is 7.11. The number of anilines is 1. The van der Waals surface area contributed by atoms with E-state index in [0.717, 1.165) is 11.0 Å². The monoisotopic (exact) mass is 295 g/mol. The third-order valence-corrected chi connectivity index (χ3v) is 3.56. The molecule has 2 aromatic rings. The number of carbonyl (C=O) groups excluding carboxylic acids is 1. The molecular weight excluding hydrogens is 285 g/mol. The molecule has 0 unspecified atom stereocenters. The smallest absolute Gasteiger partial charge is 0.258 e. The third kappa shape index (κ3) is 3.28. The summed E-state index contributed by atoms with van der Waals surface area (Å²) < 4.78 is 13.6. The van der Waals surface area contributed by atoms with Crippen LogP contribution in [0.5, 0.6) is 0 Å². The SMILES string of the molecule is CSc1ccccc1NC(=O)c1ccc(Cl)cc1F. The van der Waals surface area contributed by atoms with Gasteiger partial charge in [0.2, 0.25) is 0 Å². The van der Waals surface area contributed by atoms with Crippen LogP contribution in [0.1, 0.15) is 10.4 Å². The molecule has 5 heteroatoms. The molecule has 0 heterocycles. The van der Waals surface area contributed by atoms with E-state index in [4.69, 9.17) is 11.6 Å². The molecule has 0 atom stereocenters. The molecular formula is C14H11ClFNOS. The third-order valence-electron chi connectivity index (χ3n) is 2.53. The lowest BCUT2D eigenvalue weighted by Crippen LogP contribution is -2.14. The van der Waals surface area contributed by atoms with Gasteiger partial charge < -0.3 is 5.32 Å². The van der Waals surface area contributed by atoms with E-state index in [-0.39, 0.29) is 10.6 Å². The minimum atomic E-state index is -0.633. The molecule has 0 bridgehead atoms. The fraction of sp³-hybridized carbons (Fsp3) is 0.0714. The summed E-state index contributed by atoms with van der Waals surface area (Å²) in [6, 6.07) is 11.3. The van der Waals surface area contributed by atoms with Crippen LogP contribution < -0.4 is 5.32 Å². The number of nitrogens with one attached hydrogen (secondary N) is 1. The van der Waals surface area contributed by atoms with Crippen LogP contribution in [0.3, 0.4) is 0 Å².